The molecule has 0 bridgehead atoms. The zero-order valence-corrected chi connectivity index (χ0v) is 19.3. The summed E-state index contributed by atoms with van der Waals surface area (Å²) in [5.74, 6) is 0.268. The molecule has 0 saturated heterocycles. The molecule has 2 aromatic heterocycles. The molecule has 0 fully saturated rings. The summed E-state index contributed by atoms with van der Waals surface area (Å²) in [4.78, 5) is 32.4. The Bertz CT molecular complexity index is 1330. The molecule has 1 aromatic carbocycles. The SMILES string of the molecule is COc1cccc(/C=c2/sc3n(c2=O)C(c2cccs2)C(C(=O)OC(C)C)=C(C)N=3)c1. The van der Waals surface area contributed by atoms with E-state index in [0.29, 0.717) is 26.4 Å². The third-order valence-corrected chi connectivity index (χ3v) is 6.70. The number of thiazole rings is 1. The second kappa shape index (κ2) is 8.64. The largest absolute Gasteiger partial charge is 0.497 e. The molecule has 4 rings (SSSR count). The zero-order valence-electron chi connectivity index (χ0n) is 17.6. The Labute approximate surface area is 187 Å². The van der Waals surface area contributed by atoms with E-state index in [9.17, 15) is 9.59 Å². The van der Waals surface area contributed by atoms with Crippen molar-refractivity contribution in [3.05, 3.63) is 83.2 Å². The molecule has 8 heteroatoms. The van der Waals surface area contributed by atoms with Crippen LogP contribution in [0.25, 0.3) is 6.08 Å². The smallest absolute Gasteiger partial charge is 0.338 e. The topological polar surface area (TPSA) is 69.9 Å². The van der Waals surface area contributed by atoms with E-state index < -0.39 is 12.0 Å². The Kier molecular flexibility index (Phi) is 5.93. The second-order valence-corrected chi connectivity index (χ2v) is 9.32. The van der Waals surface area contributed by atoms with E-state index in [-0.39, 0.29) is 11.7 Å². The lowest BCUT2D eigenvalue weighted by atomic mass is 10.0. The molecule has 0 radical (unpaired) electrons. The lowest BCUT2D eigenvalue weighted by molar-refractivity contribution is -0.143. The van der Waals surface area contributed by atoms with E-state index in [0.717, 1.165) is 10.4 Å². The van der Waals surface area contributed by atoms with Gasteiger partial charge in [0, 0.05) is 4.88 Å². The number of ether oxygens (including phenoxy) is 2. The molecule has 6 nitrogen and oxygen atoms in total. The number of thiophene rings is 1. The van der Waals surface area contributed by atoms with E-state index in [4.69, 9.17) is 9.47 Å². The summed E-state index contributed by atoms with van der Waals surface area (Å²) >= 11 is 2.80. The number of methoxy groups -OCH3 is 1. The molecule has 1 aliphatic heterocycles. The maximum Gasteiger partial charge on any atom is 0.338 e. The summed E-state index contributed by atoms with van der Waals surface area (Å²) in [5, 5.41) is 1.93. The van der Waals surface area contributed by atoms with Gasteiger partial charge in [-0.25, -0.2) is 9.79 Å². The third kappa shape index (κ3) is 4.13. The lowest BCUT2D eigenvalue weighted by Crippen LogP contribution is -2.39. The summed E-state index contributed by atoms with van der Waals surface area (Å²) in [6.07, 6.45) is 1.55. The van der Waals surface area contributed by atoms with E-state index in [1.807, 2.05) is 47.9 Å². The van der Waals surface area contributed by atoms with Crippen LogP contribution < -0.4 is 19.6 Å². The van der Waals surface area contributed by atoms with Gasteiger partial charge < -0.3 is 9.47 Å². The molecule has 1 aliphatic rings. The van der Waals surface area contributed by atoms with Crippen molar-refractivity contribution < 1.29 is 14.3 Å². The molecule has 3 heterocycles. The van der Waals surface area contributed by atoms with Crippen molar-refractivity contribution in [2.24, 2.45) is 4.99 Å². The quantitative estimate of drug-likeness (QED) is 0.555. The van der Waals surface area contributed by atoms with E-state index in [1.54, 1.807) is 32.4 Å². The number of esters is 1. The number of rotatable bonds is 5. The molecule has 1 unspecified atom stereocenters. The molecule has 0 aliphatic carbocycles. The van der Waals surface area contributed by atoms with Crippen molar-refractivity contribution in [2.45, 2.75) is 32.9 Å². The van der Waals surface area contributed by atoms with Crippen LogP contribution in [0.1, 0.15) is 37.3 Å². The van der Waals surface area contributed by atoms with E-state index in [1.165, 1.54) is 22.7 Å². The fourth-order valence-corrected chi connectivity index (χ4v) is 5.33. The van der Waals surface area contributed by atoms with Crippen LogP contribution in [0.2, 0.25) is 0 Å². The molecule has 3 aromatic rings. The lowest BCUT2D eigenvalue weighted by Gasteiger charge is -2.24. The minimum atomic E-state index is -0.560. The number of carbonyl (C=O) groups is 1. The average molecular weight is 455 g/mol. The van der Waals surface area contributed by atoms with Crippen LogP contribution >= 0.6 is 22.7 Å². The molecule has 1 atom stereocenters. The Morgan fingerprint density at radius 3 is 2.74 bits per heavy atom. The van der Waals surface area contributed by atoms with Crippen LogP contribution in [0.15, 0.2) is 62.8 Å². The first kappa shape index (κ1) is 21.3. The number of hydrogen-bond acceptors (Lipinski definition) is 7. The maximum absolute atomic E-state index is 13.5. The number of aromatic nitrogens is 1. The average Bonchev–Trinajstić information content (AvgIpc) is 3.35. The first-order chi connectivity index (χ1) is 14.9. The number of benzene rings is 1. The fourth-order valence-electron chi connectivity index (χ4n) is 3.46. The summed E-state index contributed by atoms with van der Waals surface area (Å²) in [6, 6.07) is 10.8. The van der Waals surface area contributed by atoms with Gasteiger partial charge in [-0.3, -0.25) is 9.36 Å². The predicted molar refractivity (Wildman–Crippen MR) is 122 cm³/mol. The molecule has 0 amide bonds. The highest BCUT2D eigenvalue weighted by Gasteiger charge is 2.34. The first-order valence-corrected chi connectivity index (χ1v) is 11.5. The highest BCUT2D eigenvalue weighted by molar-refractivity contribution is 7.10. The highest BCUT2D eigenvalue weighted by atomic mass is 32.1. The van der Waals surface area contributed by atoms with Crippen molar-refractivity contribution in [3.8, 4) is 5.75 Å². The number of fused-ring (bicyclic) bond motifs is 1. The van der Waals surface area contributed by atoms with Gasteiger partial charge in [0.05, 0.1) is 29.0 Å². The van der Waals surface area contributed by atoms with Crippen molar-refractivity contribution in [1.29, 1.82) is 0 Å². The number of carbonyl (C=O) groups excluding carboxylic acids is 1. The first-order valence-electron chi connectivity index (χ1n) is 9.80. The van der Waals surface area contributed by atoms with Gasteiger partial charge in [0.2, 0.25) is 0 Å². The van der Waals surface area contributed by atoms with Gasteiger partial charge in [-0.15, -0.1) is 11.3 Å². The number of hydrogen-bond donors (Lipinski definition) is 0. The van der Waals surface area contributed by atoms with Crippen molar-refractivity contribution in [2.75, 3.05) is 7.11 Å². The Hall–Kier alpha value is -2.97. The number of allylic oxidation sites excluding steroid dienone is 1. The molecule has 31 heavy (non-hydrogen) atoms. The van der Waals surface area contributed by atoms with Crippen molar-refractivity contribution in [1.82, 2.24) is 4.57 Å². The molecular weight excluding hydrogens is 432 g/mol. The van der Waals surface area contributed by atoms with Crippen LogP contribution in [0, 0.1) is 0 Å². The van der Waals surface area contributed by atoms with Crippen LogP contribution in [-0.4, -0.2) is 23.8 Å². The standard InChI is InChI=1S/C23H22N2O4S2/c1-13(2)29-22(27)19-14(3)24-23-25(20(19)17-9-6-10-30-17)21(26)18(31-23)12-15-7-5-8-16(11-15)28-4/h5-13,20H,1-4H3/b18-12+. The van der Waals surface area contributed by atoms with Gasteiger partial charge in [-0.2, -0.15) is 0 Å². The van der Waals surface area contributed by atoms with Gasteiger partial charge in [-0.1, -0.05) is 29.5 Å². The number of nitrogens with zero attached hydrogens (tertiary/aromatic N) is 2. The molecule has 0 N–H and O–H groups in total. The van der Waals surface area contributed by atoms with E-state index in [2.05, 4.69) is 4.99 Å². The Morgan fingerprint density at radius 2 is 2.06 bits per heavy atom. The monoisotopic (exact) mass is 454 g/mol. The van der Waals surface area contributed by atoms with Crippen LogP contribution in [0.4, 0.5) is 0 Å². The fraction of sp³-hybridized carbons (Fsp3) is 0.261. The Balaban J connectivity index is 1.91. The minimum Gasteiger partial charge on any atom is -0.497 e. The highest BCUT2D eigenvalue weighted by Crippen LogP contribution is 2.33. The van der Waals surface area contributed by atoms with E-state index >= 15 is 0 Å². The van der Waals surface area contributed by atoms with Crippen LogP contribution in [0.5, 0.6) is 5.75 Å². The molecule has 0 saturated carbocycles. The minimum absolute atomic E-state index is 0.188. The summed E-state index contributed by atoms with van der Waals surface area (Å²) in [7, 11) is 1.61. The van der Waals surface area contributed by atoms with Crippen molar-refractivity contribution >= 4 is 34.7 Å². The summed E-state index contributed by atoms with van der Waals surface area (Å²) in [5.41, 5.74) is 1.63. The molecule has 0 spiro atoms. The molecular formula is C23H22N2O4S2. The third-order valence-electron chi connectivity index (χ3n) is 4.79. The van der Waals surface area contributed by atoms with Crippen LogP contribution in [0.3, 0.4) is 0 Å². The van der Waals surface area contributed by atoms with Gasteiger partial charge in [0.25, 0.3) is 5.56 Å². The Morgan fingerprint density at radius 1 is 1.26 bits per heavy atom. The van der Waals surface area contributed by atoms with Gasteiger partial charge in [-0.05, 0) is 56.0 Å². The van der Waals surface area contributed by atoms with Gasteiger partial charge in [0.1, 0.15) is 11.8 Å². The van der Waals surface area contributed by atoms with Gasteiger partial charge in [0.15, 0.2) is 4.80 Å². The second-order valence-electron chi connectivity index (χ2n) is 7.33. The molecule has 160 valence electrons. The van der Waals surface area contributed by atoms with Crippen LogP contribution in [-0.2, 0) is 9.53 Å². The van der Waals surface area contributed by atoms with Crippen molar-refractivity contribution in [3.63, 3.8) is 0 Å². The van der Waals surface area contributed by atoms with Gasteiger partial charge >= 0.3 is 5.97 Å². The normalized spacial score (nSPS) is 16.3. The maximum atomic E-state index is 13.5. The summed E-state index contributed by atoms with van der Waals surface area (Å²) in [6.45, 7) is 5.39. The summed E-state index contributed by atoms with van der Waals surface area (Å²) < 4.78 is 12.9. The predicted octanol–water partition coefficient (Wildman–Crippen LogP) is 3.26. The zero-order chi connectivity index (χ0) is 22.1.